The van der Waals surface area contributed by atoms with E-state index in [1.165, 1.54) is 5.56 Å². The number of nitrogens with two attached hydrogens (primary N) is 1. The number of nitrogens with zero attached hydrogens (tertiary/aromatic N) is 3. The fourth-order valence-corrected chi connectivity index (χ4v) is 2.34. The molecule has 0 aliphatic heterocycles. The van der Waals surface area contributed by atoms with Crippen LogP contribution in [0.4, 0.5) is 11.4 Å². The maximum atomic E-state index is 5.93. The minimum Gasteiger partial charge on any atom is -0.396 e. The van der Waals surface area contributed by atoms with Gasteiger partial charge in [0.15, 0.2) is 0 Å². The van der Waals surface area contributed by atoms with Gasteiger partial charge >= 0.3 is 0 Å². The minimum atomic E-state index is 0.663. The van der Waals surface area contributed by atoms with Crippen molar-refractivity contribution in [1.29, 1.82) is 0 Å². The second-order valence-corrected chi connectivity index (χ2v) is 4.63. The third-order valence-corrected chi connectivity index (χ3v) is 3.03. The molecule has 0 amide bonds. The van der Waals surface area contributed by atoms with E-state index in [-0.39, 0.29) is 0 Å². The van der Waals surface area contributed by atoms with Crippen molar-refractivity contribution < 1.29 is 0 Å². The quantitative estimate of drug-likeness (QED) is 0.944. The van der Waals surface area contributed by atoms with Gasteiger partial charge in [-0.3, -0.25) is 9.97 Å². The molecule has 0 radical (unpaired) electrons. The zero-order valence-corrected chi connectivity index (χ0v) is 11.1. The normalized spacial score (nSPS) is 10.2. The molecule has 17 heavy (non-hydrogen) atoms. The van der Waals surface area contributed by atoms with Crippen molar-refractivity contribution in [3.8, 4) is 0 Å². The van der Waals surface area contributed by atoms with E-state index in [4.69, 9.17) is 5.73 Å². The van der Waals surface area contributed by atoms with E-state index in [1.807, 2.05) is 19.2 Å². The standard InChI is InChI=1S/C12H13BrN4/c1-17(8-9-2-4-15-5-3-9)12-10(13)6-16-7-11(12)14/h2-7H,8,14H2,1H3. The van der Waals surface area contributed by atoms with E-state index < -0.39 is 0 Å². The SMILES string of the molecule is CN(Cc1ccncc1)c1c(N)cncc1Br. The van der Waals surface area contributed by atoms with Crippen LogP contribution in [0, 0.1) is 0 Å². The first-order chi connectivity index (χ1) is 8.18. The monoisotopic (exact) mass is 292 g/mol. The fraction of sp³-hybridized carbons (Fsp3) is 0.167. The molecule has 4 nitrogen and oxygen atoms in total. The Kier molecular flexibility index (Phi) is 3.58. The summed E-state index contributed by atoms with van der Waals surface area (Å²) in [5.74, 6) is 0. The summed E-state index contributed by atoms with van der Waals surface area (Å²) in [5, 5.41) is 0. The molecule has 0 atom stereocenters. The Hall–Kier alpha value is -1.62. The van der Waals surface area contributed by atoms with Crippen molar-refractivity contribution in [1.82, 2.24) is 9.97 Å². The van der Waals surface area contributed by atoms with Crippen LogP contribution in [0.3, 0.4) is 0 Å². The number of hydrogen-bond donors (Lipinski definition) is 1. The highest BCUT2D eigenvalue weighted by molar-refractivity contribution is 9.10. The van der Waals surface area contributed by atoms with Gasteiger partial charge in [0.2, 0.25) is 0 Å². The van der Waals surface area contributed by atoms with Gasteiger partial charge in [-0.15, -0.1) is 0 Å². The van der Waals surface area contributed by atoms with Gasteiger partial charge in [-0.1, -0.05) is 0 Å². The second-order valence-electron chi connectivity index (χ2n) is 3.77. The van der Waals surface area contributed by atoms with Gasteiger partial charge in [0.05, 0.1) is 22.0 Å². The van der Waals surface area contributed by atoms with E-state index in [2.05, 4.69) is 30.8 Å². The molecule has 0 unspecified atom stereocenters. The third kappa shape index (κ3) is 2.74. The Morgan fingerprint density at radius 1 is 1.24 bits per heavy atom. The molecule has 0 aromatic carbocycles. The summed E-state index contributed by atoms with van der Waals surface area (Å²) in [7, 11) is 2.00. The van der Waals surface area contributed by atoms with Crippen LogP contribution < -0.4 is 10.6 Å². The third-order valence-electron chi connectivity index (χ3n) is 2.45. The van der Waals surface area contributed by atoms with Gasteiger partial charge in [-0.05, 0) is 33.6 Å². The highest BCUT2D eigenvalue weighted by Gasteiger charge is 2.10. The first-order valence-corrected chi connectivity index (χ1v) is 5.97. The number of hydrogen-bond acceptors (Lipinski definition) is 4. The van der Waals surface area contributed by atoms with Crippen LogP contribution in [-0.4, -0.2) is 17.0 Å². The van der Waals surface area contributed by atoms with Gasteiger partial charge in [0.25, 0.3) is 0 Å². The van der Waals surface area contributed by atoms with Gasteiger partial charge in [0.1, 0.15) is 0 Å². The van der Waals surface area contributed by atoms with Gasteiger partial charge in [-0.25, -0.2) is 0 Å². The number of nitrogen functional groups attached to an aromatic ring is 1. The molecule has 2 aromatic rings. The Bertz CT molecular complexity index is 481. The lowest BCUT2D eigenvalue weighted by Gasteiger charge is -2.22. The van der Waals surface area contributed by atoms with Crippen molar-refractivity contribution in [2.24, 2.45) is 0 Å². The second kappa shape index (κ2) is 5.14. The topological polar surface area (TPSA) is 55.0 Å². The van der Waals surface area contributed by atoms with Crippen LogP contribution in [0.5, 0.6) is 0 Å². The predicted molar refractivity (Wildman–Crippen MR) is 72.7 cm³/mol. The summed E-state index contributed by atoms with van der Waals surface area (Å²) in [5.41, 5.74) is 8.73. The van der Waals surface area contributed by atoms with Gasteiger partial charge in [0, 0.05) is 32.2 Å². The van der Waals surface area contributed by atoms with Gasteiger partial charge in [-0.2, -0.15) is 0 Å². The van der Waals surface area contributed by atoms with Crippen LogP contribution in [0.15, 0.2) is 41.4 Å². The number of halogens is 1. The number of rotatable bonds is 3. The lowest BCUT2D eigenvalue weighted by Crippen LogP contribution is -2.18. The van der Waals surface area contributed by atoms with Crippen molar-refractivity contribution in [3.05, 3.63) is 47.0 Å². The molecule has 2 rings (SSSR count). The molecular formula is C12H13BrN4. The minimum absolute atomic E-state index is 0.663. The Morgan fingerprint density at radius 2 is 1.94 bits per heavy atom. The van der Waals surface area contributed by atoms with Crippen LogP contribution in [0.25, 0.3) is 0 Å². The van der Waals surface area contributed by atoms with Crippen molar-refractivity contribution in [3.63, 3.8) is 0 Å². The van der Waals surface area contributed by atoms with E-state index in [0.29, 0.717) is 5.69 Å². The Morgan fingerprint density at radius 3 is 2.59 bits per heavy atom. The average Bonchev–Trinajstić information content (AvgIpc) is 2.30. The van der Waals surface area contributed by atoms with Crippen LogP contribution in [-0.2, 0) is 6.54 Å². The highest BCUT2D eigenvalue weighted by Crippen LogP contribution is 2.30. The lowest BCUT2D eigenvalue weighted by molar-refractivity contribution is 0.916. The highest BCUT2D eigenvalue weighted by atomic mass is 79.9. The smallest absolute Gasteiger partial charge is 0.0776 e. The first-order valence-electron chi connectivity index (χ1n) is 5.17. The molecule has 0 aliphatic carbocycles. The molecule has 0 saturated heterocycles. The summed E-state index contributed by atoms with van der Waals surface area (Å²) >= 11 is 3.46. The molecule has 0 aliphatic rings. The molecular weight excluding hydrogens is 280 g/mol. The average molecular weight is 293 g/mol. The summed E-state index contributed by atoms with van der Waals surface area (Å²) in [4.78, 5) is 10.1. The number of anilines is 2. The van der Waals surface area contributed by atoms with Crippen LogP contribution in [0.1, 0.15) is 5.56 Å². The van der Waals surface area contributed by atoms with E-state index >= 15 is 0 Å². The van der Waals surface area contributed by atoms with Crippen LogP contribution in [0.2, 0.25) is 0 Å². The molecule has 0 spiro atoms. The van der Waals surface area contributed by atoms with Crippen molar-refractivity contribution >= 4 is 27.3 Å². The zero-order valence-electron chi connectivity index (χ0n) is 9.47. The first kappa shape index (κ1) is 11.9. The summed E-state index contributed by atoms with van der Waals surface area (Å²) in [6, 6.07) is 3.98. The number of aromatic nitrogens is 2. The molecule has 0 bridgehead atoms. The molecule has 2 N–H and O–H groups in total. The number of pyridine rings is 2. The molecule has 0 saturated carbocycles. The molecule has 2 aromatic heterocycles. The van der Waals surface area contributed by atoms with Gasteiger partial charge < -0.3 is 10.6 Å². The van der Waals surface area contributed by atoms with E-state index in [0.717, 1.165) is 16.7 Å². The maximum absolute atomic E-state index is 5.93. The fourth-order valence-electron chi connectivity index (χ4n) is 1.69. The predicted octanol–water partition coefficient (Wildman–Crippen LogP) is 2.46. The van der Waals surface area contributed by atoms with E-state index in [1.54, 1.807) is 24.8 Å². The zero-order chi connectivity index (χ0) is 12.3. The van der Waals surface area contributed by atoms with Crippen LogP contribution >= 0.6 is 15.9 Å². The summed E-state index contributed by atoms with van der Waals surface area (Å²) in [6.07, 6.45) is 6.97. The molecule has 2 heterocycles. The van der Waals surface area contributed by atoms with E-state index in [9.17, 15) is 0 Å². The molecule has 0 fully saturated rings. The molecule has 5 heteroatoms. The van der Waals surface area contributed by atoms with Crippen molar-refractivity contribution in [2.45, 2.75) is 6.54 Å². The Labute approximate surface area is 109 Å². The Balaban J connectivity index is 2.23. The van der Waals surface area contributed by atoms with Crippen molar-refractivity contribution in [2.75, 3.05) is 17.7 Å². The summed E-state index contributed by atoms with van der Waals surface area (Å²) in [6.45, 7) is 0.773. The maximum Gasteiger partial charge on any atom is 0.0776 e. The largest absolute Gasteiger partial charge is 0.396 e. The summed E-state index contributed by atoms with van der Waals surface area (Å²) < 4.78 is 0.897. The molecule has 88 valence electrons. The lowest BCUT2D eigenvalue weighted by atomic mass is 10.2.